The minimum atomic E-state index is 0.639. The number of imidazole rings is 1. The summed E-state index contributed by atoms with van der Waals surface area (Å²) in [7, 11) is 5.25. The van der Waals surface area contributed by atoms with Crippen molar-refractivity contribution in [3.8, 4) is 11.3 Å². The summed E-state index contributed by atoms with van der Waals surface area (Å²) in [6.07, 6.45) is 16.3. The highest BCUT2D eigenvalue weighted by molar-refractivity contribution is 7.11. The number of unbranched alkanes of at least 4 members (excludes halogenated alkanes) is 4. The number of hydrogen-bond acceptors (Lipinski definition) is 9. The van der Waals surface area contributed by atoms with Gasteiger partial charge in [0.25, 0.3) is 0 Å². The Bertz CT molecular complexity index is 1030. The van der Waals surface area contributed by atoms with Crippen LogP contribution in [0, 0.1) is 0 Å². The first kappa shape index (κ1) is 34.4. The number of aliphatic imine (C=N–C) groups is 2. The minimum Gasteiger partial charge on any atom is -0.342 e. The maximum absolute atomic E-state index is 10.3. The number of carbonyl (C=O) groups is 2. The Morgan fingerprint density at radius 2 is 1.79 bits per heavy atom. The molecule has 3 aromatic rings. The van der Waals surface area contributed by atoms with Crippen molar-refractivity contribution in [2.24, 2.45) is 15.7 Å². The van der Waals surface area contributed by atoms with Crippen LogP contribution >= 0.6 is 11.3 Å². The smallest absolute Gasteiger partial charge is 0.161 e. The van der Waals surface area contributed by atoms with Gasteiger partial charge in [-0.2, -0.15) is 0 Å². The first-order valence-electron chi connectivity index (χ1n) is 12.4. The molecule has 1 aromatic carbocycles. The van der Waals surface area contributed by atoms with E-state index in [2.05, 4.69) is 67.0 Å². The Hall–Kier alpha value is -3.60. The highest BCUT2D eigenvalue weighted by Gasteiger charge is 2.03. The van der Waals surface area contributed by atoms with Gasteiger partial charge in [0.2, 0.25) is 0 Å². The Morgan fingerprint density at radius 1 is 1.08 bits per heavy atom. The SMILES string of the molecule is C=N/C=C\C=NCc1ccc(-c2cnc(CCCCCCC=O)[nH]2)cc1.CN.CNC.O=Cc1cncs1. The zero-order valence-electron chi connectivity index (χ0n) is 22.7. The van der Waals surface area contributed by atoms with E-state index < -0.39 is 0 Å². The summed E-state index contributed by atoms with van der Waals surface area (Å²) < 4.78 is 0. The summed E-state index contributed by atoms with van der Waals surface area (Å²) in [6.45, 7) is 4.01. The Balaban J connectivity index is 0.000000947. The number of nitrogens with two attached hydrogens (primary N) is 1. The van der Waals surface area contributed by atoms with Crippen molar-refractivity contribution >= 4 is 36.8 Å². The molecule has 0 unspecified atom stereocenters. The summed E-state index contributed by atoms with van der Waals surface area (Å²) in [4.78, 5) is 40.3. The van der Waals surface area contributed by atoms with Crippen LogP contribution in [0.3, 0.4) is 0 Å². The normalized spacial score (nSPS) is 10.0. The van der Waals surface area contributed by atoms with E-state index in [1.807, 2.05) is 20.3 Å². The largest absolute Gasteiger partial charge is 0.342 e. The molecule has 3 rings (SSSR count). The number of carbonyl (C=O) groups excluding carboxylic acids is 2. The molecule has 0 aliphatic carbocycles. The molecule has 9 nitrogen and oxygen atoms in total. The number of nitrogens with zero attached hydrogens (tertiary/aromatic N) is 4. The van der Waals surface area contributed by atoms with Gasteiger partial charge in [0, 0.05) is 31.5 Å². The summed E-state index contributed by atoms with van der Waals surface area (Å²) in [5, 5.41) is 2.75. The zero-order chi connectivity index (χ0) is 28.3. The van der Waals surface area contributed by atoms with Crippen molar-refractivity contribution in [2.75, 3.05) is 21.1 Å². The van der Waals surface area contributed by atoms with E-state index in [-0.39, 0.29) is 0 Å². The van der Waals surface area contributed by atoms with E-state index in [0.29, 0.717) is 17.8 Å². The lowest BCUT2D eigenvalue weighted by molar-refractivity contribution is -0.107. The average molecular weight is 540 g/mol. The number of rotatable bonds is 13. The molecule has 0 radical (unpaired) electrons. The molecule has 2 aromatic heterocycles. The lowest BCUT2D eigenvalue weighted by Gasteiger charge is -2.01. The summed E-state index contributed by atoms with van der Waals surface area (Å²) in [5.41, 5.74) is 9.44. The molecule has 0 saturated carbocycles. The molecule has 0 atom stereocenters. The Kier molecular flexibility index (Phi) is 22.7. The van der Waals surface area contributed by atoms with Crippen LogP contribution in [0.5, 0.6) is 0 Å². The molecule has 206 valence electrons. The van der Waals surface area contributed by atoms with E-state index in [1.165, 1.54) is 24.6 Å². The van der Waals surface area contributed by atoms with E-state index in [4.69, 9.17) is 0 Å². The third kappa shape index (κ3) is 17.0. The van der Waals surface area contributed by atoms with Gasteiger partial charge in [0.05, 0.1) is 28.8 Å². The zero-order valence-corrected chi connectivity index (χ0v) is 23.5. The number of aromatic amines is 1. The maximum Gasteiger partial charge on any atom is 0.161 e. The van der Waals surface area contributed by atoms with Crippen LogP contribution in [0.15, 0.2) is 64.4 Å². The van der Waals surface area contributed by atoms with E-state index in [0.717, 1.165) is 67.3 Å². The summed E-state index contributed by atoms with van der Waals surface area (Å²) >= 11 is 1.34. The predicted molar refractivity (Wildman–Crippen MR) is 160 cm³/mol. The van der Waals surface area contributed by atoms with Crippen LogP contribution in [0.1, 0.15) is 53.2 Å². The second kappa shape index (κ2) is 25.1. The number of aromatic nitrogens is 3. The van der Waals surface area contributed by atoms with Crippen molar-refractivity contribution in [1.29, 1.82) is 0 Å². The molecular formula is C28H41N7O2S. The fraction of sp³-hybridized carbons (Fsp3) is 0.357. The van der Waals surface area contributed by atoms with Crippen molar-refractivity contribution in [1.82, 2.24) is 20.3 Å². The summed E-state index contributed by atoms with van der Waals surface area (Å²) in [6, 6.07) is 8.33. The van der Waals surface area contributed by atoms with Crippen LogP contribution in [0.2, 0.25) is 0 Å². The highest BCUT2D eigenvalue weighted by atomic mass is 32.1. The molecule has 2 heterocycles. The number of benzene rings is 1. The Labute approximate surface area is 230 Å². The molecular weight excluding hydrogens is 498 g/mol. The monoisotopic (exact) mass is 539 g/mol. The van der Waals surface area contributed by atoms with Crippen LogP contribution in [-0.2, 0) is 17.8 Å². The van der Waals surface area contributed by atoms with E-state index in [1.54, 1.807) is 24.0 Å². The number of aldehydes is 2. The van der Waals surface area contributed by atoms with Gasteiger partial charge in [0.15, 0.2) is 6.29 Å². The molecule has 0 bridgehead atoms. The molecule has 38 heavy (non-hydrogen) atoms. The molecule has 0 spiro atoms. The Morgan fingerprint density at radius 3 is 2.37 bits per heavy atom. The molecule has 0 aliphatic heterocycles. The van der Waals surface area contributed by atoms with E-state index >= 15 is 0 Å². The van der Waals surface area contributed by atoms with Crippen LogP contribution in [-0.4, -0.2) is 61.6 Å². The number of aryl methyl sites for hydroxylation is 1. The highest BCUT2D eigenvalue weighted by Crippen LogP contribution is 2.19. The van der Waals surface area contributed by atoms with Gasteiger partial charge in [-0.05, 0) is 57.9 Å². The quantitative estimate of drug-likeness (QED) is 0.160. The van der Waals surface area contributed by atoms with Crippen molar-refractivity contribution in [2.45, 2.75) is 45.1 Å². The molecule has 0 fully saturated rings. The lowest BCUT2D eigenvalue weighted by Crippen LogP contribution is -1.89. The molecule has 4 N–H and O–H groups in total. The van der Waals surface area contributed by atoms with E-state index in [9.17, 15) is 9.59 Å². The van der Waals surface area contributed by atoms with Crippen molar-refractivity contribution in [3.05, 3.63) is 70.7 Å². The van der Waals surface area contributed by atoms with Gasteiger partial charge in [-0.25, -0.2) is 4.98 Å². The van der Waals surface area contributed by atoms with Gasteiger partial charge in [0.1, 0.15) is 12.1 Å². The van der Waals surface area contributed by atoms with Gasteiger partial charge in [-0.3, -0.25) is 19.8 Å². The molecule has 10 heteroatoms. The second-order valence-corrected chi connectivity index (χ2v) is 8.51. The van der Waals surface area contributed by atoms with Gasteiger partial charge >= 0.3 is 0 Å². The minimum absolute atomic E-state index is 0.639. The van der Waals surface area contributed by atoms with Crippen LogP contribution in [0.25, 0.3) is 11.3 Å². The standard InChI is InChI=1S/C21H26N4O.C4H3NOS.C2H7N.CH5N/c1-22-13-7-14-23-16-18-9-11-19(12-10-18)20-17-24-21(25-20)8-5-3-2-4-6-15-26;6-2-4-1-5-3-7-4;1-3-2;1-2/h7,9-15,17H,1-6,8,16H2,(H,24,25);1-3H;3H,1-2H3;2H2,1H3/b13-7-,23-14?;;;. The maximum atomic E-state index is 10.3. The molecule has 0 saturated heterocycles. The van der Waals surface area contributed by atoms with Crippen molar-refractivity contribution in [3.63, 3.8) is 0 Å². The number of nitrogens with one attached hydrogen (secondary N) is 2. The van der Waals surface area contributed by atoms with Gasteiger partial charge in [-0.15, -0.1) is 11.3 Å². The second-order valence-electron chi connectivity index (χ2n) is 7.60. The van der Waals surface area contributed by atoms with Gasteiger partial charge < -0.3 is 20.8 Å². The number of H-pyrrole nitrogens is 1. The number of thiazole rings is 1. The van der Waals surface area contributed by atoms with Crippen LogP contribution < -0.4 is 11.1 Å². The fourth-order valence-corrected chi connectivity index (χ4v) is 3.32. The molecule has 0 amide bonds. The van der Waals surface area contributed by atoms with Gasteiger partial charge in [-0.1, -0.05) is 37.1 Å². The lowest BCUT2D eigenvalue weighted by atomic mass is 10.1. The number of hydrogen-bond donors (Lipinski definition) is 3. The summed E-state index contributed by atoms with van der Waals surface area (Å²) in [5.74, 6) is 1.02. The first-order valence-corrected chi connectivity index (χ1v) is 13.2. The third-order valence-electron chi connectivity index (χ3n) is 4.60. The number of allylic oxidation sites excluding steroid dienone is 1. The molecule has 0 aliphatic rings. The topological polar surface area (TPSA) is 138 Å². The first-order chi connectivity index (χ1) is 18.7. The third-order valence-corrected chi connectivity index (χ3v) is 5.30. The fourth-order valence-electron chi connectivity index (χ4n) is 2.90. The van der Waals surface area contributed by atoms with Crippen LogP contribution in [0.4, 0.5) is 0 Å². The van der Waals surface area contributed by atoms with Crippen molar-refractivity contribution < 1.29 is 9.59 Å². The predicted octanol–water partition coefficient (Wildman–Crippen LogP) is 4.92. The average Bonchev–Trinajstić information content (AvgIpc) is 3.66.